The summed E-state index contributed by atoms with van der Waals surface area (Å²) in [6.45, 7) is 6.47. The van der Waals surface area contributed by atoms with E-state index >= 15 is 0 Å². The summed E-state index contributed by atoms with van der Waals surface area (Å²) >= 11 is 0. The fourth-order valence-electron chi connectivity index (χ4n) is 4.06. The molecule has 0 bridgehead atoms. The van der Waals surface area contributed by atoms with Crippen LogP contribution >= 0.6 is 0 Å². The van der Waals surface area contributed by atoms with Crippen LogP contribution in [0.4, 0.5) is 5.69 Å². The zero-order chi connectivity index (χ0) is 18.8. The molecule has 5 nitrogen and oxygen atoms in total. The highest BCUT2D eigenvalue weighted by molar-refractivity contribution is 5.58. The smallest absolute Gasteiger partial charge is 0.142 e. The van der Waals surface area contributed by atoms with Crippen molar-refractivity contribution in [2.24, 2.45) is 0 Å². The topological polar surface area (TPSA) is 45.2 Å². The molecule has 144 valence electrons. The third-order valence-corrected chi connectivity index (χ3v) is 5.53. The first-order valence-electron chi connectivity index (χ1n) is 9.72. The highest BCUT2D eigenvalue weighted by Gasteiger charge is 2.24. The molecule has 2 aromatic rings. The third kappa shape index (κ3) is 3.89. The fraction of sp³-hybridized carbons (Fsp3) is 0.455. The van der Waals surface area contributed by atoms with Crippen LogP contribution in [0, 0.1) is 0 Å². The van der Waals surface area contributed by atoms with Gasteiger partial charge in [0.25, 0.3) is 0 Å². The molecular weight excluding hydrogens is 340 g/mol. The van der Waals surface area contributed by atoms with Crippen molar-refractivity contribution in [1.29, 1.82) is 0 Å². The Labute approximate surface area is 161 Å². The number of ether oxygens (including phenoxy) is 2. The number of fused-ring (bicyclic) bond motifs is 1. The van der Waals surface area contributed by atoms with Gasteiger partial charge in [0.2, 0.25) is 0 Å². The van der Waals surface area contributed by atoms with E-state index in [1.807, 2.05) is 30.3 Å². The average molecular weight is 368 g/mol. The van der Waals surface area contributed by atoms with Crippen LogP contribution in [-0.2, 0) is 6.42 Å². The Morgan fingerprint density at radius 3 is 2.70 bits per heavy atom. The molecule has 2 atom stereocenters. The van der Waals surface area contributed by atoms with E-state index in [1.165, 1.54) is 5.56 Å². The van der Waals surface area contributed by atoms with Gasteiger partial charge in [-0.2, -0.15) is 0 Å². The molecule has 0 amide bonds. The maximum absolute atomic E-state index is 10.7. The van der Waals surface area contributed by atoms with E-state index in [0.29, 0.717) is 6.54 Å². The van der Waals surface area contributed by atoms with Crippen molar-refractivity contribution in [3.8, 4) is 11.5 Å². The van der Waals surface area contributed by atoms with Crippen molar-refractivity contribution in [3.05, 3.63) is 53.6 Å². The van der Waals surface area contributed by atoms with E-state index in [4.69, 9.17) is 9.47 Å². The van der Waals surface area contributed by atoms with E-state index in [2.05, 4.69) is 28.9 Å². The van der Waals surface area contributed by atoms with Gasteiger partial charge in [0.1, 0.15) is 17.6 Å². The lowest BCUT2D eigenvalue weighted by molar-refractivity contribution is 0.109. The highest BCUT2D eigenvalue weighted by Crippen LogP contribution is 2.32. The van der Waals surface area contributed by atoms with Crippen molar-refractivity contribution in [3.63, 3.8) is 0 Å². The van der Waals surface area contributed by atoms with Gasteiger partial charge in [-0.05, 0) is 42.3 Å². The lowest BCUT2D eigenvalue weighted by atomic mass is 10.0. The molecule has 2 aliphatic heterocycles. The zero-order valence-electron chi connectivity index (χ0n) is 16.1. The van der Waals surface area contributed by atoms with Gasteiger partial charge >= 0.3 is 0 Å². The van der Waals surface area contributed by atoms with Crippen molar-refractivity contribution in [2.45, 2.75) is 25.6 Å². The number of anilines is 1. The van der Waals surface area contributed by atoms with E-state index in [0.717, 1.165) is 55.3 Å². The standard InChI is InChI=1S/C22H28N2O3/c1-16-13-18-14-17(7-8-21(18)27-16)20(25)15-23-9-11-24(12-10-23)19-5-3-4-6-22(19)26-2/h3-8,14,16,20,25H,9-13,15H2,1-2H3/t16-,20-/m0/s1. The van der Waals surface area contributed by atoms with Crippen LogP contribution in [0.1, 0.15) is 24.2 Å². The molecule has 27 heavy (non-hydrogen) atoms. The van der Waals surface area contributed by atoms with E-state index in [-0.39, 0.29) is 6.10 Å². The molecular formula is C22H28N2O3. The van der Waals surface area contributed by atoms with Crippen molar-refractivity contribution in [1.82, 2.24) is 4.90 Å². The number of aliphatic hydroxyl groups excluding tert-OH is 1. The van der Waals surface area contributed by atoms with Crippen molar-refractivity contribution in [2.75, 3.05) is 44.7 Å². The first-order valence-corrected chi connectivity index (χ1v) is 9.72. The summed E-state index contributed by atoms with van der Waals surface area (Å²) in [5.74, 6) is 1.88. The molecule has 4 rings (SSSR count). The van der Waals surface area contributed by atoms with E-state index in [9.17, 15) is 5.11 Å². The van der Waals surface area contributed by atoms with Gasteiger partial charge in [-0.3, -0.25) is 4.90 Å². The second-order valence-electron chi connectivity index (χ2n) is 7.48. The minimum Gasteiger partial charge on any atom is -0.495 e. The lowest BCUT2D eigenvalue weighted by Crippen LogP contribution is -2.47. The first kappa shape index (κ1) is 18.1. The van der Waals surface area contributed by atoms with Crippen LogP contribution < -0.4 is 14.4 Å². The number of para-hydroxylation sites is 2. The number of aliphatic hydroxyl groups is 1. The predicted molar refractivity (Wildman–Crippen MR) is 107 cm³/mol. The normalized spacial score (nSPS) is 20.9. The number of hydrogen-bond donors (Lipinski definition) is 1. The van der Waals surface area contributed by atoms with Crippen molar-refractivity contribution >= 4 is 5.69 Å². The summed E-state index contributed by atoms with van der Waals surface area (Å²) in [7, 11) is 1.72. The van der Waals surface area contributed by atoms with Crippen LogP contribution in [-0.4, -0.2) is 55.9 Å². The fourth-order valence-corrected chi connectivity index (χ4v) is 4.06. The minimum atomic E-state index is -0.469. The van der Waals surface area contributed by atoms with Crippen LogP contribution in [0.15, 0.2) is 42.5 Å². The first-order chi connectivity index (χ1) is 13.1. The molecule has 0 saturated carbocycles. The zero-order valence-corrected chi connectivity index (χ0v) is 16.1. The molecule has 2 aliphatic rings. The van der Waals surface area contributed by atoms with Gasteiger partial charge in [0.05, 0.1) is 18.9 Å². The maximum atomic E-state index is 10.7. The monoisotopic (exact) mass is 368 g/mol. The molecule has 2 aromatic carbocycles. The van der Waals surface area contributed by atoms with Gasteiger partial charge in [-0.1, -0.05) is 18.2 Å². The SMILES string of the molecule is COc1ccccc1N1CCN(C[C@H](O)c2ccc3c(c2)C[C@H](C)O3)CC1. The van der Waals surface area contributed by atoms with Crippen LogP contribution in [0.2, 0.25) is 0 Å². The molecule has 1 saturated heterocycles. The number of rotatable bonds is 5. The Morgan fingerprint density at radius 2 is 1.93 bits per heavy atom. The quantitative estimate of drug-likeness (QED) is 0.879. The highest BCUT2D eigenvalue weighted by atomic mass is 16.5. The van der Waals surface area contributed by atoms with Gasteiger partial charge < -0.3 is 19.5 Å². The Balaban J connectivity index is 1.35. The summed E-state index contributed by atoms with van der Waals surface area (Å²) in [5.41, 5.74) is 3.34. The molecule has 2 heterocycles. The summed E-state index contributed by atoms with van der Waals surface area (Å²) in [6.07, 6.45) is 0.687. The Hall–Kier alpha value is -2.24. The van der Waals surface area contributed by atoms with Crippen LogP contribution in [0.3, 0.4) is 0 Å². The molecule has 1 fully saturated rings. The number of hydrogen-bond acceptors (Lipinski definition) is 5. The summed E-state index contributed by atoms with van der Waals surface area (Å²) in [6, 6.07) is 14.3. The van der Waals surface area contributed by atoms with Crippen molar-refractivity contribution < 1.29 is 14.6 Å². The predicted octanol–water partition coefficient (Wildman–Crippen LogP) is 2.87. The molecule has 0 radical (unpaired) electrons. The Bertz CT molecular complexity index is 787. The van der Waals surface area contributed by atoms with Gasteiger partial charge in [0.15, 0.2) is 0 Å². The molecule has 0 aromatic heterocycles. The van der Waals surface area contributed by atoms with Gasteiger partial charge in [-0.15, -0.1) is 0 Å². The summed E-state index contributed by atoms with van der Waals surface area (Å²) in [5, 5.41) is 10.7. The third-order valence-electron chi connectivity index (χ3n) is 5.53. The van der Waals surface area contributed by atoms with Crippen LogP contribution in [0.25, 0.3) is 0 Å². The maximum Gasteiger partial charge on any atom is 0.142 e. The second kappa shape index (κ2) is 7.79. The van der Waals surface area contributed by atoms with Crippen LogP contribution in [0.5, 0.6) is 11.5 Å². The summed E-state index contributed by atoms with van der Waals surface area (Å²) < 4.78 is 11.2. The molecule has 0 unspecified atom stereocenters. The molecule has 5 heteroatoms. The molecule has 1 N–H and O–H groups in total. The second-order valence-corrected chi connectivity index (χ2v) is 7.48. The molecule has 0 aliphatic carbocycles. The number of methoxy groups -OCH3 is 1. The van der Waals surface area contributed by atoms with E-state index < -0.39 is 6.10 Å². The minimum absolute atomic E-state index is 0.232. The number of β-amino-alcohol motifs (C(OH)–C–C–N with tert-alkyl or cyclic N) is 1. The molecule has 0 spiro atoms. The Kier molecular flexibility index (Phi) is 5.23. The average Bonchev–Trinajstić information content (AvgIpc) is 3.07. The lowest BCUT2D eigenvalue weighted by Gasteiger charge is -2.37. The van der Waals surface area contributed by atoms with Gasteiger partial charge in [0, 0.05) is 39.1 Å². The number of nitrogens with zero attached hydrogens (tertiary/aromatic N) is 2. The number of piperazine rings is 1. The summed E-state index contributed by atoms with van der Waals surface area (Å²) in [4.78, 5) is 4.69. The Morgan fingerprint density at radius 1 is 1.15 bits per heavy atom. The number of benzene rings is 2. The largest absolute Gasteiger partial charge is 0.495 e. The van der Waals surface area contributed by atoms with E-state index in [1.54, 1.807) is 7.11 Å². The van der Waals surface area contributed by atoms with Gasteiger partial charge in [-0.25, -0.2) is 0 Å².